The summed E-state index contributed by atoms with van der Waals surface area (Å²) >= 11 is 0. The molecule has 1 saturated heterocycles. The molecule has 15 heteroatoms. The van der Waals surface area contributed by atoms with E-state index in [2.05, 4.69) is 25.6 Å². The molecule has 2 aliphatic rings. The number of esters is 1. The van der Waals surface area contributed by atoms with Crippen molar-refractivity contribution >= 4 is 34.1 Å². The molecule has 1 fully saturated rings. The Labute approximate surface area is 276 Å². The number of ether oxygens (including phenoxy) is 4. The van der Waals surface area contributed by atoms with Crippen molar-refractivity contribution < 1.29 is 28.5 Å². The van der Waals surface area contributed by atoms with Gasteiger partial charge in [0.15, 0.2) is 11.3 Å². The summed E-state index contributed by atoms with van der Waals surface area (Å²) in [5.41, 5.74) is 4.36. The fourth-order valence-corrected chi connectivity index (χ4v) is 6.15. The Morgan fingerprint density at radius 3 is 2.81 bits per heavy atom. The highest BCUT2D eigenvalue weighted by atomic mass is 16.6. The number of carbonyl (C=O) groups is 2. The quantitative estimate of drug-likeness (QED) is 0.158. The molecule has 7 rings (SSSR count). The SMILES string of the molecule is COCCOC(=O)C1CCN(CCNC(=O)c2nn(-c3cc4c(cc3OC)NCCO4)c3cc(-c4cnn5cccnc45)ncc23)CC1. The number of piperidine rings is 1. The van der Waals surface area contributed by atoms with E-state index in [1.54, 1.807) is 42.0 Å². The number of benzene rings is 1. The van der Waals surface area contributed by atoms with Crippen molar-refractivity contribution in [2.75, 3.05) is 72.1 Å². The van der Waals surface area contributed by atoms with Gasteiger partial charge in [-0.15, -0.1) is 0 Å². The average molecular weight is 656 g/mol. The highest BCUT2D eigenvalue weighted by Crippen LogP contribution is 2.38. The number of likely N-dealkylation sites (tertiary alicyclic amines) is 1. The number of amides is 1. The molecular formula is C33H37N9O6. The molecule has 5 aromatic rings. The first-order valence-corrected chi connectivity index (χ1v) is 16.0. The maximum absolute atomic E-state index is 13.7. The third kappa shape index (κ3) is 6.21. The summed E-state index contributed by atoms with van der Waals surface area (Å²) in [6.45, 7) is 4.42. The van der Waals surface area contributed by atoms with Gasteiger partial charge in [-0.1, -0.05) is 0 Å². The van der Waals surface area contributed by atoms with Gasteiger partial charge in [0, 0.05) is 57.5 Å². The van der Waals surface area contributed by atoms with Crippen molar-refractivity contribution in [2.24, 2.45) is 5.92 Å². The van der Waals surface area contributed by atoms with Crippen LogP contribution in [0.4, 0.5) is 5.69 Å². The van der Waals surface area contributed by atoms with Gasteiger partial charge in [-0.05, 0) is 38.1 Å². The molecule has 250 valence electrons. The summed E-state index contributed by atoms with van der Waals surface area (Å²) in [7, 11) is 3.17. The van der Waals surface area contributed by atoms with E-state index in [0.29, 0.717) is 85.1 Å². The molecule has 48 heavy (non-hydrogen) atoms. The van der Waals surface area contributed by atoms with Gasteiger partial charge in [0.1, 0.15) is 30.4 Å². The number of hydrogen-bond donors (Lipinski definition) is 2. The van der Waals surface area contributed by atoms with E-state index < -0.39 is 0 Å². The molecule has 4 aromatic heterocycles. The van der Waals surface area contributed by atoms with Crippen LogP contribution in [0.25, 0.3) is 33.5 Å². The van der Waals surface area contributed by atoms with Crippen molar-refractivity contribution in [3.8, 4) is 28.4 Å². The first kappa shape index (κ1) is 31.3. The Bertz CT molecular complexity index is 1950. The predicted molar refractivity (Wildman–Crippen MR) is 176 cm³/mol. The van der Waals surface area contributed by atoms with Crippen LogP contribution >= 0.6 is 0 Å². The zero-order chi connectivity index (χ0) is 33.0. The van der Waals surface area contributed by atoms with Gasteiger partial charge in [-0.3, -0.25) is 14.6 Å². The Kier molecular flexibility index (Phi) is 9.03. The standard InChI is InChI=1S/C33H37N9O6/c1-45-14-15-48-33(44)21-4-10-40(11-5-21)12-7-36-32(43)30-23-19-37-24(22-20-38-41-9-3-6-35-31(22)41)16-26(23)42(39-30)27-18-28-25(17-29(27)46-2)34-8-13-47-28/h3,6,9,16-21,34H,4-5,7-8,10-15H2,1-2H3,(H,36,43). The molecule has 0 unspecified atom stereocenters. The van der Waals surface area contributed by atoms with Crippen molar-refractivity contribution in [3.05, 3.63) is 54.7 Å². The molecule has 0 spiro atoms. The molecule has 0 bridgehead atoms. The second kappa shape index (κ2) is 13.8. The molecule has 0 radical (unpaired) electrons. The van der Waals surface area contributed by atoms with Gasteiger partial charge in [0.05, 0.1) is 53.7 Å². The number of hydrogen-bond acceptors (Lipinski definition) is 12. The van der Waals surface area contributed by atoms with Gasteiger partial charge >= 0.3 is 5.97 Å². The van der Waals surface area contributed by atoms with Crippen LogP contribution in [-0.2, 0) is 14.3 Å². The number of anilines is 1. The largest absolute Gasteiger partial charge is 0.494 e. The molecule has 1 amide bonds. The van der Waals surface area contributed by atoms with Crippen molar-refractivity contribution in [2.45, 2.75) is 12.8 Å². The normalized spacial score (nSPS) is 15.1. The van der Waals surface area contributed by atoms with Crippen LogP contribution in [0.3, 0.4) is 0 Å². The summed E-state index contributed by atoms with van der Waals surface area (Å²) < 4.78 is 25.4. The first-order valence-electron chi connectivity index (χ1n) is 16.0. The zero-order valence-electron chi connectivity index (χ0n) is 26.8. The number of nitrogens with one attached hydrogen (secondary N) is 2. The van der Waals surface area contributed by atoms with Gasteiger partial charge in [-0.2, -0.15) is 10.2 Å². The second-order valence-electron chi connectivity index (χ2n) is 11.6. The molecular weight excluding hydrogens is 618 g/mol. The Hall–Kier alpha value is -5.28. The lowest BCUT2D eigenvalue weighted by molar-refractivity contribution is -0.151. The van der Waals surface area contributed by atoms with E-state index in [1.807, 2.05) is 30.5 Å². The predicted octanol–water partition coefficient (Wildman–Crippen LogP) is 2.57. The maximum atomic E-state index is 13.7. The fourth-order valence-electron chi connectivity index (χ4n) is 6.15. The summed E-state index contributed by atoms with van der Waals surface area (Å²) in [4.78, 5) is 37.4. The zero-order valence-corrected chi connectivity index (χ0v) is 26.8. The summed E-state index contributed by atoms with van der Waals surface area (Å²) in [5, 5.41) is 16.2. The van der Waals surface area contributed by atoms with E-state index >= 15 is 0 Å². The smallest absolute Gasteiger partial charge is 0.309 e. The van der Waals surface area contributed by atoms with Crippen LogP contribution in [0.2, 0.25) is 0 Å². The number of pyridine rings is 1. The molecule has 0 aliphatic carbocycles. The van der Waals surface area contributed by atoms with E-state index in [4.69, 9.17) is 29.0 Å². The lowest BCUT2D eigenvalue weighted by Gasteiger charge is -2.30. The number of carbonyl (C=O) groups excluding carboxylic acids is 2. The Balaban J connectivity index is 1.14. The molecule has 15 nitrogen and oxygen atoms in total. The number of aromatic nitrogens is 6. The van der Waals surface area contributed by atoms with Crippen molar-refractivity contribution in [3.63, 3.8) is 0 Å². The van der Waals surface area contributed by atoms with Gasteiger partial charge in [0.2, 0.25) is 0 Å². The van der Waals surface area contributed by atoms with Gasteiger partial charge in [-0.25, -0.2) is 14.2 Å². The highest BCUT2D eigenvalue weighted by molar-refractivity contribution is 6.05. The molecule has 0 saturated carbocycles. The lowest BCUT2D eigenvalue weighted by atomic mass is 9.97. The third-order valence-electron chi connectivity index (χ3n) is 8.69. The van der Waals surface area contributed by atoms with E-state index in [0.717, 1.165) is 24.3 Å². The minimum Gasteiger partial charge on any atom is -0.494 e. The topological polar surface area (TPSA) is 159 Å². The van der Waals surface area contributed by atoms with E-state index in [1.165, 1.54) is 0 Å². The summed E-state index contributed by atoms with van der Waals surface area (Å²) in [6.07, 6.45) is 8.34. The highest BCUT2D eigenvalue weighted by Gasteiger charge is 2.27. The number of methoxy groups -OCH3 is 2. The Morgan fingerprint density at radius 1 is 1.10 bits per heavy atom. The number of nitrogens with zero attached hydrogens (tertiary/aromatic N) is 7. The molecule has 1 aromatic carbocycles. The molecule has 6 heterocycles. The number of fused-ring (bicyclic) bond motifs is 3. The average Bonchev–Trinajstić information content (AvgIpc) is 3.73. The summed E-state index contributed by atoms with van der Waals surface area (Å²) in [5.74, 6) is 0.622. The Morgan fingerprint density at radius 2 is 1.98 bits per heavy atom. The van der Waals surface area contributed by atoms with Crippen LogP contribution in [-0.4, -0.2) is 113 Å². The lowest BCUT2D eigenvalue weighted by Crippen LogP contribution is -2.41. The third-order valence-corrected chi connectivity index (χ3v) is 8.69. The van der Waals surface area contributed by atoms with Gasteiger partial charge < -0.3 is 34.5 Å². The van der Waals surface area contributed by atoms with Crippen LogP contribution in [0.5, 0.6) is 11.5 Å². The molecule has 2 aliphatic heterocycles. The van der Waals surface area contributed by atoms with Gasteiger partial charge in [0.25, 0.3) is 5.91 Å². The van der Waals surface area contributed by atoms with Crippen LogP contribution < -0.4 is 20.1 Å². The van der Waals surface area contributed by atoms with Crippen LogP contribution in [0.1, 0.15) is 23.3 Å². The van der Waals surface area contributed by atoms with E-state index in [9.17, 15) is 9.59 Å². The first-order chi connectivity index (χ1) is 23.5. The van der Waals surface area contributed by atoms with E-state index in [-0.39, 0.29) is 30.1 Å². The monoisotopic (exact) mass is 655 g/mol. The van der Waals surface area contributed by atoms with Crippen molar-refractivity contribution in [1.29, 1.82) is 0 Å². The number of rotatable bonds is 11. The van der Waals surface area contributed by atoms with Crippen molar-refractivity contribution in [1.82, 2.24) is 39.6 Å². The van der Waals surface area contributed by atoms with Crippen LogP contribution in [0.15, 0.2) is 49.1 Å². The minimum atomic E-state index is -0.322. The summed E-state index contributed by atoms with van der Waals surface area (Å²) in [6, 6.07) is 7.43. The van der Waals surface area contributed by atoms with Crippen LogP contribution in [0, 0.1) is 5.92 Å². The molecule has 2 N–H and O–H groups in total. The fraction of sp³-hybridized carbons (Fsp3) is 0.394. The maximum Gasteiger partial charge on any atom is 0.309 e. The minimum absolute atomic E-state index is 0.112. The second-order valence-corrected chi connectivity index (χ2v) is 11.6. The molecule has 0 atom stereocenters.